The molecule has 0 bridgehead atoms. The Morgan fingerprint density at radius 2 is 1.97 bits per heavy atom. The van der Waals surface area contributed by atoms with Gasteiger partial charge in [0.05, 0.1) is 25.0 Å². The van der Waals surface area contributed by atoms with Gasteiger partial charge < -0.3 is 20.7 Å². The summed E-state index contributed by atoms with van der Waals surface area (Å²) in [4.78, 5) is 18.5. The molecule has 4 rings (SSSR count). The number of rotatable bonds is 6. The average molecular weight is 479 g/mol. The lowest BCUT2D eigenvalue weighted by molar-refractivity contribution is -0.443. The number of carbonyl (C=O) groups is 1. The van der Waals surface area contributed by atoms with Crippen LogP contribution < -0.4 is 11.1 Å². The number of amides is 2. The van der Waals surface area contributed by atoms with Crippen molar-refractivity contribution in [3.05, 3.63) is 29.7 Å². The Morgan fingerprint density at radius 1 is 1.30 bits per heavy atom. The Labute approximate surface area is 187 Å². The number of hydrogen-bond acceptors (Lipinski definition) is 4. The Hall–Kier alpha value is -2.54. The highest BCUT2D eigenvalue weighted by Gasteiger charge is 2.39. The maximum Gasteiger partial charge on any atom is 0.379 e. The molecule has 2 unspecified atom stereocenters. The van der Waals surface area contributed by atoms with E-state index in [1.54, 1.807) is 22.7 Å². The van der Waals surface area contributed by atoms with Gasteiger partial charge in [0, 0.05) is 44.5 Å². The minimum Gasteiger partial charge on any atom is -0.382 e. The van der Waals surface area contributed by atoms with Crippen LogP contribution >= 0.6 is 0 Å². The van der Waals surface area contributed by atoms with Crippen molar-refractivity contribution < 1.29 is 37.2 Å². The van der Waals surface area contributed by atoms with Gasteiger partial charge in [0.2, 0.25) is 5.92 Å². The molecular formula is C20H28F5N6O2+. The van der Waals surface area contributed by atoms with Crippen LogP contribution in [0.5, 0.6) is 0 Å². The van der Waals surface area contributed by atoms with E-state index in [-0.39, 0.29) is 36.9 Å². The molecule has 33 heavy (non-hydrogen) atoms. The van der Waals surface area contributed by atoms with Crippen molar-refractivity contribution in [2.24, 2.45) is 5.92 Å². The minimum atomic E-state index is -3.67. The molecule has 1 saturated heterocycles. The molecule has 2 aromatic heterocycles. The summed E-state index contributed by atoms with van der Waals surface area (Å²) in [6, 6.07) is 1.36. The fourth-order valence-electron chi connectivity index (χ4n) is 4.28. The topological polar surface area (TPSA) is 99.4 Å². The quantitative estimate of drug-likeness (QED) is 0.623. The summed E-state index contributed by atoms with van der Waals surface area (Å²) in [5.74, 6) is -2.46. The number of quaternary nitrogens is 1. The number of nitrogens with zero attached hydrogens (tertiary/aromatic N) is 4. The number of urea groups is 1. The van der Waals surface area contributed by atoms with Crippen LogP contribution in [0.2, 0.25) is 0 Å². The SMILES string of the molecule is COCC(c1cnn2cc(C([NH3+])C3CCC(F)(F)CC3)nc2c1)N1CCNC1=O.FC(F)F. The highest BCUT2D eigenvalue weighted by Crippen LogP contribution is 2.39. The van der Waals surface area contributed by atoms with E-state index in [0.717, 1.165) is 11.3 Å². The van der Waals surface area contributed by atoms with Gasteiger partial charge in [0.25, 0.3) is 0 Å². The molecule has 1 aliphatic heterocycles. The van der Waals surface area contributed by atoms with Gasteiger partial charge in [-0.1, -0.05) is 0 Å². The molecule has 2 aromatic rings. The van der Waals surface area contributed by atoms with Crippen LogP contribution in [0, 0.1) is 5.92 Å². The molecular weight excluding hydrogens is 451 g/mol. The van der Waals surface area contributed by atoms with Gasteiger partial charge in [-0.2, -0.15) is 18.3 Å². The molecule has 0 aromatic carbocycles. The Balaban J connectivity index is 0.000000709. The predicted octanol–water partition coefficient (Wildman–Crippen LogP) is 2.73. The Kier molecular flexibility index (Phi) is 8.05. The molecule has 8 nitrogen and oxygen atoms in total. The van der Waals surface area contributed by atoms with E-state index in [1.165, 1.54) is 0 Å². The summed E-state index contributed by atoms with van der Waals surface area (Å²) >= 11 is 0. The molecule has 4 N–H and O–H groups in total. The van der Waals surface area contributed by atoms with Gasteiger partial charge in [0.15, 0.2) is 5.65 Å². The summed E-state index contributed by atoms with van der Waals surface area (Å²) < 4.78 is 62.9. The fraction of sp³-hybridized carbons (Fsp3) is 0.650. The van der Waals surface area contributed by atoms with E-state index >= 15 is 0 Å². The monoisotopic (exact) mass is 479 g/mol. The van der Waals surface area contributed by atoms with Gasteiger partial charge in [-0.25, -0.2) is 23.1 Å². The maximum absolute atomic E-state index is 13.5. The molecule has 1 aliphatic carbocycles. The molecule has 2 aliphatic rings. The van der Waals surface area contributed by atoms with Crippen LogP contribution in [-0.2, 0) is 4.74 Å². The van der Waals surface area contributed by atoms with Gasteiger partial charge >= 0.3 is 12.7 Å². The number of carbonyl (C=O) groups excluding carboxylic acids is 1. The van der Waals surface area contributed by atoms with Gasteiger partial charge in [-0.3, -0.25) is 0 Å². The predicted molar refractivity (Wildman–Crippen MR) is 107 cm³/mol. The third-order valence-corrected chi connectivity index (χ3v) is 6.05. The largest absolute Gasteiger partial charge is 0.382 e. The zero-order chi connectivity index (χ0) is 24.2. The van der Waals surface area contributed by atoms with Crippen molar-refractivity contribution in [1.82, 2.24) is 24.8 Å². The molecule has 0 spiro atoms. The molecule has 0 radical (unpaired) electrons. The van der Waals surface area contributed by atoms with E-state index in [2.05, 4.69) is 21.1 Å². The highest BCUT2D eigenvalue weighted by molar-refractivity contribution is 5.76. The van der Waals surface area contributed by atoms with E-state index in [4.69, 9.17) is 4.74 Å². The second-order valence-electron chi connectivity index (χ2n) is 8.20. The molecule has 3 heterocycles. The van der Waals surface area contributed by atoms with Crippen molar-refractivity contribution in [1.29, 1.82) is 0 Å². The first-order chi connectivity index (χ1) is 15.6. The van der Waals surface area contributed by atoms with Crippen molar-refractivity contribution >= 4 is 11.7 Å². The van der Waals surface area contributed by atoms with E-state index in [9.17, 15) is 26.7 Å². The maximum atomic E-state index is 13.5. The molecule has 2 fully saturated rings. The van der Waals surface area contributed by atoms with Gasteiger partial charge in [-0.15, -0.1) is 0 Å². The van der Waals surface area contributed by atoms with Gasteiger partial charge in [0.1, 0.15) is 11.7 Å². The normalized spacial score (nSPS) is 20.5. The first-order valence-corrected chi connectivity index (χ1v) is 10.6. The smallest absolute Gasteiger partial charge is 0.379 e. The first kappa shape index (κ1) is 25.1. The number of methoxy groups -OCH3 is 1. The molecule has 2 atom stereocenters. The third kappa shape index (κ3) is 6.28. The fourth-order valence-corrected chi connectivity index (χ4v) is 4.28. The van der Waals surface area contributed by atoms with Crippen molar-refractivity contribution in [3.8, 4) is 0 Å². The summed E-state index contributed by atoms with van der Waals surface area (Å²) in [6.07, 6.45) is 4.26. The lowest BCUT2D eigenvalue weighted by Gasteiger charge is -2.29. The highest BCUT2D eigenvalue weighted by atomic mass is 19.4. The molecule has 184 valence electrons. The standard InChI is InChI=1S/C19H26F2N6O2.CHF3/c1-29-11-15(26-7-6-23-18(26)28)13-8-16-25-14(10-27(16)24-9-13)17(22)12-2-4-19(20,21)5-3-12;2-1(3)4/h8-10,12,15,17H,2-7,11,22H2,1H3,(H,23,28);1H/p+1. The van der Waals surface area contributed by atoms with Crippen LogP contribution in [0.25, 0.3) is 5.65 Å². The van der Waals surface area contributed by atoms with E-state index in [1.807, 2.05) is 12.3 Å². The van der Waals surface area contributed by atoms with Gasteiger partial charge in [-0.05, 0) is 18.9 Å². The average Bonchev–Trinajstić information content (AvgIpc) is 3.36. The number of ether oxygens (including phenoxy) is 1. The third-order valence-electron chi connectivity index (χ3n) is 6.05. The van der Waals surface area contributed by atoms with Crippen LogP contribution in [0.4, 0.5) is 26.7 Å². The number of fused-ring (bicyclic) bond motifs is 1. The Bertz CT molecular complexity index is 930. The minimum absolute atomic E-state index is 0.0872. The van der Waals surface area contributed by atoms with Crippen molar-refractivity contribution in [2.45, 2.75) is 50.4 Å². The molecule has 2 amide bonds. The van der Waals surface area contributed by atoms with E-state index < -0.39 is 12.6 Å². The molecule has 13 heteroatoms. The second kappa shape index (κ2) is 10.6. The zero-order valence-electron chi connectivity index (χ0n) is 18.2. The number of hydrogen-bond donors (Lipinski definition) is 2. The number of nitrogens with one attached hydrogen (secondary N) is 1. The van der Waals surface area contributed by atoms with E-state index in [0.29, 0.717) is 38.2 Å². The van der Waals surface area contributed by atoms with Crippen LogP contribution in [-0.4, -0.2) is 64.9 Å². The second-order valence-corrected chi connectivity index (χ2v) is 8.20. The van der Waals surface area contributed by atoms with Crippen LogP contribution in [0.15, 0.2) is 18.5 Å². The van der Waals surface area contributed by atoms with Crippen molar-refractivity contribution in [3.63, 3.8) is 0 Å². The summed E-state index contributed by atoms with van der Waals surface area (Å²) in [6.45, 7) is -2.11. The van der Waals surface area contributed by atoms with Crippen molar-refractivity contribution in [2.75, 3.05) is 26.8 Å². The van der Waals surface area contributed by atoms with Crippen LogP contribution in [0.1, 0.15) is 49.0 Å². The summed E-state index contributed by atoms with van der Waals surface area (Å²) in [5, 5.41) is 7.25. The lowest BCUT2D eigenvalue weighted by atomic mass is 9.81. The number of alkyl halides is 5. The number of imidazole rings is 1. The van der Waals surface area contributed by atoms with Crippen LogP contribution in [0.3, 0.4) is 0 Å². The first-order valence-electron chi connectivity index (χ1n) is 10.6. The summed E-state index contributed by atoms with van der Waals surface area (Å²) in [5.41, 5.74) is 6.45. The number of halogens is 5. The lowest BCUT2D eigenvalue weighted by Crippen LogP contribution is -2.57. The number of aromatic nitrogens is 3. The zero-order valence-corrected chi connectivity index (χ0v) is 18.2. The summed E-state index contributed by atoms with van der Waals surface area (Å²) in [7, 11) is 1.60. The molecule has 1 saturated carbocycles. The Morgan fingerprint density at radius 3 is 2.55 bits per heavy atom.